The number of aromatic nitrogens is 1. The molecule has 12 heteroatoms. The Morgan fingerprint density at radius 2 is 1.65 bits per heavy atom. The number of benzene rings is 2. The number of carbonyl (C=O) groups excluding carboxylic acids is 3. The van der Waals surface area contributed by atoms with Crippen molar-refractivity contribution < 1.29 is 32.7 Å². The molecule has 0 saturated carbocycles. The Hall–Kier alpha value is -4.42. The summed E-state index contributed by atoms with van der Waals surface area (Å²) in [6.07, 6.45) is 3.20. The first-order valence-electron chi connectivity index (χ1n) is 14.0. The number of carbonyl (C=O) groups is 4. The minimum Gasteiger partial charge on any atom is -0.480 e. The smallest absolute Gasteiger partial charge is 0.326 e. The van der Waals surface area contributed by atoms with Gasteiger partial charge in [0.2, 0.25) is 21.8 Å². The van der Waals surface area contributed by atoms with E-state index >= 15 is 0 Å². The number of rotatable bonds is 14. The van der Waals surface area contributed by atoms with E-state index < -0.39 is 34.0 Å². The van der Waals surface area contributed by atoms with Crippen LogP contribution >= 0.6 is 0 Å². The maximum atomic E-state index is 13.1. The minimum atomic E-state index is -3.91. The molecular formula is C31H34N4O7S. The summed E-state index contributed by atoms with van der Waals surface area (Å²) in [5.41, 5.74) is 2.11. The highest BCUT2D eigenvalue weighted by molar-refractivity contribution is 7.89. The van der Waals surface area contributed by atoms with E-state index in [4.69, 9.17) is 0 Å². The number of carboxylic acids is 1. The van der Waals surface area contributed by atoms with Gasteiger partial charge >= 0.3 is 5.97 Å². The maximum Gasteiger partial charge on any atom is 0.326 e. The first-order chi connectivity index (χ1) is 20.6. The zero-order valence-corrected chi connectivity index (χ0v) is 24.3. The van der Waals surface area contributed by atoms with Crippen molar-refractivity contribution in [3.8, 4) is 0 Å². The molecule has 4 rings (SSSR count). The Kier molecular flexibility index (Phi) is 10.7. The van der Waals surface area contributed by atoms with Crippen LogP contribution in [0.5, 0.6) is 0 Å². The largest absolute Gasteiger partial charge is 0.480 e. The van der Waals surface area contributed by atoms with Gasteiger partial charge < -0.3 is 15.7 Å². The predicted octanol–water partition coefficient (Wildman–Crippen LogP) is 1.91. The van der Waals surface area contributed by atoms with Crippen molar-refractivity contribution in [3.63, 3.8) is 0 Å². The van der Waals surface area contributed by atoms with Gasteiger partial charge in [-0.05, 0) is 54.7 Å². The molecule has 2 heterocycles. The fourth-order valence-electron chi connectivity index (χ4n) is 4.88. The van der Waals surface area contributed by atoms with E-state index in [0.29, 0.717) is 24.0 Å². The van der Waals surface area contributed by atoms with Crippen LogP contribution in [0.1, 0.15) is 36.1 Å². The van der Waals surface area contributed by atoms with Gasteiger partial charge in [0, 0.05) is 37.7 Å². The van der Waals surface area contributed by atoms with E-state index in [1.54, 1.807) is 54.7 Å². The van der Waals surface area contributed by atoms with Gasteiger partial charge in [0.25, 0.3) is 0 Å². The summed E-state index contributed by atoms with van der Waals surface area (Å²) >= 11 is 0. The van der Waals surface area contributed by atoms with Gasteiger partial charge in [-0.1, -0.05) is 48.5 Å². The molecule has 0 radical (unpaired) electrons. The second-order valence-electron chi connectivity index (χ2n) is 10.3. The molecule has 1 fully saturated rings. The van der Waals surface area contributed by atoms with Crippen LogP contribution < -0.4 is 10.6 Å². The van der Waals surface area contributed by atoms with Crippen molar-refractivity contribution >= 4 is 33.6 Å². The van der Waals surface area contributed by atoms with Crippen LogP contribution in [0.2, 0.25) is 0 Å². The van der Waals surface area contributed by atoms with E-state index in [2.05, 4.69) is 15.6 Å². The summed E-state index contributed by atoms with van der Waals surface area (Å²) in [7, 11) is -3.91. The first-order valence-corrected chi connectivity index (χ1v) is 15.4. The lowest BCUT2D eigenvalue weighted by Gasteiger charge is -2.25. The van der Waals surface area contributed by atoms with Gasteiger partial charge in [-0.25, -0.2) is 13.2 Å². The van der Waals surface area contributed by atoms with Crippen molar-refractivity contribution in [1.29, 1.82) is 0 Å². The Labute approximate surface area is 250 Å². The van der Waals surface area contributed by atoms with Crippen LogP contribution in [0.25, 0.3) is 0 Å². The number of nitrogens with zero attached hydrogens (tertiary/aromatic N) is 2. The fraction of sp³-hybridized carbons (Fsp3) is 0.323. The monoisotopic (exact) mass is 606 g/mol. The molecule has 1 unspecified atom stereocenters. The van der Waals surface area contributed by atoms with Crippen molar-refractivity contribution in [2.45, 2.75) is 55.5 Å². The SMILES string of the molecule is O=C(CNC(=O)CCc1ccccn1)Cc1ccc(CC(NC(=O)[C@@H]2CCCN2S(=O)(=O)c2ccccc2)C(=O)O)cc1. The molecule has 3 N–H and O–H groups in total. The zero-order valence-electron chi connectivity index (χ0n) is 23.5. The number of carboxylic acid groups (broad SMARTS) is 1. The van der Waals surface area contributed by atoms with Crippen molar-refractivity contribution in [2.24, 2.45) is 0 Å². The molecule has 2 atom stereocenters. The van der Waals surface area contributed by atoms with E-state index in [0.717, 1.165) is 10.00 Å². The molecule has 2 aromatic carbocycles. The molecular weight excluding hydrogens is 572 g/mol. The molecule has 0 bridgehead atoms. The van der Waals surface area contributed by atoms with Crippen LogP contribution in [-0.2, 0) is 48.5 Å². The van der Waals surface area contributed by atoms with E-state index in [9.17, 15) is 32.7 Å². The number of pyridine rings is 1. The fourth-order valence-corrected chi connectivity index (χ4v) is 6.56. The summed E-state index contributed by atoms with van der Waals surface area (Å²) in [5, 5.41) is 14.9. The maximum absolute atomic E-state index is 13.1. The third kappa shape index (κ3) is 8.79. The number of amides is 2. The summed E-state index contributed by atoms with van der Waals surface area (Å²) < 4.78 is 27.3. The molecule has 0 spiro atoms. The number of Topliss-reactive ketones (excluding diaryl/α,β-unsaturated/α-hetero) is 1. The third-order valence-electron chi connectivity index (χ3n) is 7.15. The lowest BCUT2D eigenvalue weighted by Crippen LogP contribution is -2.51. The third-order valence-corrected chi connectivity index (χ3v) is 9.07. The number of hydrogen-bond donors (Lipinski definition) is 3. The number of hydrogen-bond acceptors (Lipinski definition) is 7. The summed E-state index contributed by atoms with van der Waals surface area (Å²) in [5.74, 6) is -2.33. The van der Waals surface area contributed by atoms with Crippen LogP contribution in [0.15, 0.2) is 83.9 Å². The molecule has 11 nitrogen and oxygen atoms in total. The highest BCUT2D eigenvalue weighted by atomic mass is 32.2. The Morgan fingerprint density at radius 3 is 2.33 bits per heavy atom. The minimum absolute atomic E-state index is 0.0280. The average molecular weight is 607 g/mol. The van der Waals surface area contributed by atoms with Crippen molar-refractivity contribution in [1.82, 2.24) is 19.9 Å². The number of nitrogens with one attached hydrogen (secondary N) is 2. The van der Waals surface area contributed by atoms with Gasteiger partial charge in [-0.15, -0.1) is 0 Å². The van der Waals surface area contributed by atoms with Crippen LogP contribution in [0, 0.1) is 0 Å². The highest BCUT2D eigenvalue weighted by Crippen LogP contribution is 2.26. The van der Waals surface area contributed by atoms with Crippen molar-refractivity contribution in [2.75, 3.05) is 13.1 Å². The molecule has 226 valence electrons. The number of sulfonamides is 1. The lowest BCUT2D eigenvalue weighted by molar-refractivity contribution is -0.142. The quantitative estimate of drug-likeness (QED) is 0.251. The molecule has 43 heavy (non-hydrogen) atoms. The van der Waals surface area contributed by atoms with Crippen LogP contribution in [0.3, 0.4) is 0 Å². The Bertz CT molecular complexity index is 1530. The topological polar surface area (TPSA) is 163 Å². The molecule has 1 saturated heterocycles. The zero-order chi connectivity index (χ0) is 30.8. The normalized spacial score (nSPS) is 15.9. The van der Waals surface area contributed by atoms with E-state index in [1.807, 2.05) is 12.1 Å². The molecule has 1 aliphatic rings. The van der Waals surface area contributed by atoms with Crippen LogP contribution in [-0.4, -0.2) is 71.6 Å². The first kappa shape index (κ1) is 31.5. The summed E-state index contributed by atoms with van der Waals surface area (Å²) in [4.78, 5) is 53.8. The average Bonchev–Trinajstić information content (AvgIpc) is 3.52. The highest BCUT2D eigenvalue weighted by Gasteiger charge is 2.40. The lowest BCUT2D eigenvalue weighted by atomic mass is 10.0. The standard InChI is InChI=1S/C31H34N4O7S/c36-25(21-33-29(37)16-15-24-7-4-5-17-32-24)19-22-11-13-23(14-12-22)20-27(31(39)40)34-30(38)28-10-6-18-35(28)43(41,42)26-8-2-1-3-9-26/h1-5,7-9,11-14,17,27-28H,6,10,15-16,18-21H2,(H,33,37)(H,34,38)(H,39,40)/t27?,28-/m0/s1. The second kappa shape index (κ2) is 14.7. The molecule has 1 aliphatic heterocycles. The summed E-state index contributed by atoms with van der Waals surface area (Å²) in [6.45, 7) is 0.0657. The molecule has 3 aromatic rings. The van der Waals surface area contributed by atoms with Gasteiger partial charge in [0.15, 0.2) is 5.78 Å². The van der Waals surface area contributed by atoms with Gasteiger partial charge in [-0.3, -0.25) is 19.4 Å². The van der Waals surface area contributed by atoms with Gasteiger partial charge in [-0.2, -0.15) is 4.31 Å². The van der Waals surface area contributed by atoms with Gasteiger partial charge in [0.05, 0.1) is 11.4 Å². The summed E-state index contributed by atoms with van der Waals surface area (Å²) in [6, 6.07) is 17.8. The number of ketones is 1. The molecule has 1 aromatic heterocycles. The Morgan fingerprint density at radius 1 is 0.953 bits per heavy atom. The van der Waals surface area contributed by atoms with Gasteiger partial charge in [0.1, 0.15) is 12.1 Å². The van der Waals surface area contributed by atoms with Crippen molar-refractivity contribution in [3.05, 3.63) is 95.8 Å². The van der Waals surface area contributed by atoms with E-state index in [1.165, 1.54) is 12.1 Å². The predicted molar refractivity (Wildman–Crippen MR) is 157 cm³/mol. The molecule has 2 amide bonds. The number of aryl methyl sites for hydroxylation is 1. The Balaban J connectivity index is 1.27. The second-order valence-corrected chi connectivity index (χ2v) is 12.2. The number of aliphatic carboxylic acids is 1. The molecule has 0 aliphatic carbocycles. The van der Waals surface area contributed by atoms with Crippen LogP contribution in [0.4, 0.5) is 0 Å². The van der Waals surface area contributed by atoms with E-state index in [-0.39, 0.29) is 55.4 Å².